The SMILES string of the molecule is COC(=O)OC(C(=O)OC1CC2(O)C(OC(=O)c3ccccc3)C3C4(O)COC4CC(OCOP(=O)(OCc4ccccc4)OCc4ccccc4)[C@@]3(C)C(=O)C(O)C(=C1C)C2(C)C)C(NC(=O)c1ccccc1)c1ccccc1.[Ac].[Ac]. The van der Waals surface area contributed by atoms with E-state index >= 15 is 4.79 Å². The standard InChI is InChI=1S/C60H64NO18P.2Ac/c1-37-43(77-55(66)49(78-56(67)71-5)47(40-25-15-8-16-26-40)61-53(64)41-27-17-9-18-28-41)32-60(69)52(79-54(65)42-29-19-10-20-30-42)50-58(4,51(63)48(62)46(37)57(60,2)3)44(31-45-59(50,68)35-72-45)73-36-76-80(70,74-33-38-21-11-6-12-22-38)75-34-39-23-13-7-14-24-39;;/h6-30,43-45,47-50,52,62,68-69H,31-36H2,1-5H3,(H,61,64);;/t43?,44?,45?,47?,48?,49?,50?,52?,58-,59?,60?;;/m1../s1. The minimum atomic E-state index is -4.50. The number of benzene rings is 5. The van der Waals surface area contributed by atoms with Crippen molar-refractivity contribution in [1.82, 2.24) is 5.32 Å². The van der Waals surface area contributed by atoms with Gasteiger partial charge in [-0.3, -0.25) is 23.2 Å². The number of esters is 2. The number of phosphoric acid groups is 1. The summed E-state index contributed by atoms with van der Waals surface area (Å²) in [4.78, 5) is 72.3. The monoisotopic (exact) mass is 1570 g/mol. The summed E-state index contributed by atoms with van der Waals surface area (Å²) in [5, 5.41) is 42.6. The average Bonchev–Trinajstić information content (AvgIpc) is 1.23. The molecule has 1 amide bonds. The van der Waals surface area contributed by atoms with Gasteiger partial charge in [-0.25, -0.2) is 18.9 Å². The number of rotatable bonds is 19. The summed E-state index contributed by atoms with van der Waals surface area (Å²) < 4.78 is 67.7. The Hall–Kier alpha value is -4.02. The van der Waals surface area contributed by atoms with E-state index in [-0.39, 0.29) is 130 Å². The van der Waals surface area contributed by atoms with Gasteiger partial charge in [-0.2, -0.15) is 0 Å². The van der Waals surface area contributed by atoms with Gasteiger partial charge in [0.1, 0.15) is 35.6 Å². The smallest absolute Gasteiger partial charge is 0.455 e. The summed E-state index contributed by atoms with van der Waals surface area (Å²) in [5.74, 6) is -5.50. The zero-order valence-electron chi connectivity index (χ0n) is 45.9. The Bertz CT molecular complexity index is 3080. The molecular formula is C60H64Ac2NO18P. The fourth-order valence-corrected chi connectivity index (χ4v) is 12.8. The summed E-state index contributed by atoms with van der Waals surface area (Å²) >= 11 is 0. The second-order valence-corrected chi connectivity index (χ2v) is 22.8. The normalized spacial score (nSPS) is 26.9. The van der Waals surface area contributed by atoms with Gasteiger partial charge < -0.3 is 49.1 Å². The fourth-order valence-electron chi connectivity index (χ4n) is 11.8. The molecule has 1 heterocycles. The Morgan fingerprint density at radius 1 is 0.744 bits per heavy atom. The minimum absolute atomic E-state index is 0. The third-order valence-electron chi connectivity index (χ3n) is 16.2. The van der Waals surface area contributed by atoms with Crippen LogP contribution in [0.3, 0.4) is 0 Å². The third kappa shape index (κ3) is 13.3. The first-order chi connectivity index (χ1) is 38.2. The van der Waals surface area contributed by atoms with Gasteiger partial charge >= 0.3 is 25.9 Å². The third-order valence-corrected chi connectivity index (χ3v) is 17.5. The Kier molecular flexibility index (Phi) is 22.0. The molecule has 3 aliphatic carbocycles. The number of hydrogen-bond acceptors (Lipinski definition) is 18. The van der Waals surface area contributed by atoms with Crippen LogP contribution in [0.2, 0.25) is 0 Å². The Balaban J connectivity index is 0.00000484. The molecule has 5 aromatic rings. The summed E-state index contributed by atoms with van der Waals surface area (Å²) in [6.45, 7) is 4.36. The van der Waals surface area contributed by atoms with Crippen LogP contribution in [0.1, 0.15) is 84.0 Å². The first-order valence-corrected chi connectivity index (χ1v) is 27.5. The molecule has 19 nitrogen and oxygen atoms in total. The van der Waals surface area contributed by atoms with E-state index in [0.717, 1.165) is 7.11 Å². The number of ether oxygens (including phenoxy) is 6. The van der Waals surface area contributed by atoms with Gasteiger partial charge in [0.25, 0.3) is 5.91 Å². The molecule has 1 aliphatic heterocycles. The molecule has 3 fully saturated rings. The quantitative estimate of drug-likeness (QED) is 0.0201. The fraction of sp³-hybridized carbons (Fsp3) is 0.383. The number of hydrogen-bond donors (Lipinski definition) is 4. The van der Waals surface area contributed by atoms with Crippen molar-refractivity contribution in [3.8, 4) is 0 Å². The molecule has 4 N–H and O–H groups in total. The molecule has 22 heteroatoms. The van der Waals surface area contributed by atoms with Crippen LogP contribution >= 0.6 is 7.82 Å². The van der Waals surface area contributed by atoms with E-state index in [2.05, 4.69) is 5.32 Å². The number of ketones is 1. The van der Waals surface area contributed by atoms with Crippen LogP contribution in [0, 0.1) is 105 Å². The van der Waals surface area contributed by atoms with Crippen LogP contribution in [-0.2, 0) is 69.4 Å². The molecule has 5 aromatic carbocycles. The van der Waals surface area contributed by atoms with Gasteiger partial charge in [-0.1, -0.05) is 141 Å². The van der Waals surface area contributed by atoms with E-state index in [1.807, 2.05) is 12.1 Å². The van der Waals surface area contributed by atoms with Gasteiger partial charge in [0.15, 0.2) is 12.6 Å². The first kappa shape index (κ1) is 65.5. The van der Waals surface area contributed by atoms with Gasteiger partial charge in [0, 0.05) is 118 Å². The summed E-state index contributed by atoms with van der Waals surface area (Å²) in [5.41, 5.74) is -6.57. The number of fused-ring (bicyclic) bond motifs is 5. The predicted octanol–water partition coefficient (Wildman–Crippen LogP) is 7.92. The maximum Gasteiger partial charge on any atom is 0.508 e. The van der Waals surface area contributed by atoms with Gasteiger partial charge in [-0.05, 0) is 65.9 Å². The van der Waals surface area contributed by atoms with Gasteiger partial charge in [-0.15, -0.1) is 0 Å². The predicted molar refractivity (Wildman–Crippen MR) is 285 cm³/mol. The largest absolute Gasteiger partial charge is 0.508 e. The number of Topliss-reactive ketones (excluding diaryl/α,β-unsaturated/α-hetero) is 1. The van der Waals surface area contributed by atoms with Crippen molar-refractivity contribution in [1.29, 1.82) is 0 Å². The number of amides is 1. The molecule has 10 unspecified atom stereocenters. The van der Waals surface area contributed by atoms with E-state index in [1.165, 1.54) is 39.8 Å². The van der Waals surface area contributed by atoms with Crippen LogP contribution in [0.15, 0.2) is 163 Å². The second kappa shape index (κ2) is 27.6. The summed E-state index contributed by atoms with van der Waals surface area (Å²) in [6, 6.07) is 40.4. The van der Waals surface area contributed by atoms with E-state index in [0.29, 0.717) is 16.7 Å². The van der Waals surface area contributed by atoms with Crippen LogP contribution in [0.25, 0.3) is 0 Å². The zero-order valence-corrected chi connectivity index (χ0v) is 56.2. The number of carbonyl (C=O) groups excluding carboxylic acids is 5. The molecule has 2 radical (unpaired) electrons. The van der Waals surface area contributed by atoms with Crippen LogP contribution in [0.5, 0.6) is 0 Å². The van der Waals surface area contributed by atoms with Crippen molar-refractivity contribution >= 4 is 37.6 Å². The number of aliphatic hydroxyl groups excluding tert-OH is 1. The molecule has 1 saturated heterocycles. The number of carbonyl (C=O) groups is 5. The molecular weight excluding hydrogens is 1510 g/mol. The molecule has 2 saturated carbocycles. The van der Waals surface area contributed by atoms with Crippen molar-refractivity contribution in [2.45, 2.75) is 108 Å². The van der Waals surface area contributed by atoms with E-state index < -0.39 is 128 Å². The van der Waals surface area contributed by atoms with E-state index in [1.54, 1.807) is 127 Å². The van der Waals surface area contributed by atoms with Crippen LogP contribution in [0.4, 0.5) is 4.79 Å². The van der Waals surface area contributed by atoms with Crippen LogP contribution in [-0.4, -0.2) is 113 Å². The Morgan fingerprint density at radius 3 is 1.79 bits per heavy atom. The Labute approximate surface area is 546 Å². The van der Waals surface area contributed by atoms with Gasteiger partial charge in [0.05, 0.1) is 50.1 Å². The minimum Gasteiger partial charge on any atom is -0.455 e. The molecule has 4 aliphatic rings. The van der Waals surface area contributed by atoms with Crippen LogP contribution < -0.4 is 5.32 Å². The molecule has 0 aromatic heterocycles. The van der Waals surface area contributed by atoms with Crippen molar-refractivity contribution in [3.63, 3.8) is 0 Å². The zero-order chi connectivity index (χ0) is 57.0. The molecule has 11 atom stereocenters. The van der Waals surface area contributed by atoms with Gasteiger partial charge in [0.2, 0.25) is 6.10 Å². The Morgan fingerprint density at radius 2 is 1.27 bits per heavy atom. The average molecular weight is 1570 g/mol. The number of aliphatic hydroxyl groups is 3. The molecule has 9 rings (SSSR count). The number of phosphoric ester groups is 1. The van der Waals surface area contributed by atoms with E-state index in [4.69, 9.17) is 42.0 Å². The summed E-state index contributed by atoms with van der Waals surface area (Å²) in [6.07, 6.45) is -12.3. The van der Waals surface area contributed by atoms with E-state index in [9.17, 15) is 39.1 Å². The maximum absolute atomic E-state index is 15.9. The van der Waals surface area contributed by atoms with Crippen molar-refractivity contribution in [3.05, 3.63) is 191 Å². The number of nitrogens with one attached hydrogen (secondary N) is 1. The van der Waals surface area contributed by atoms with Crippen molar-refractivity contribution < 1.29 is 174 Å². The molecule has 82 heavy (non-hydrogen) atoms. The van der Waals surface area contributed by atoms with Crippen molar-refractivity contribution in [2.75, 3.05) is 20.5 Å². The summed E-state index contributed by atoms with van der Waals surface area (Å²) in [7, 11) is -3.47. The van der Waals surface area contributed by atoms with Crippen molar-refractivity contribution in [2.24, 2.45) is 16.7 Å². The second-order valence-electron chi connectivity index (χ2n) is 21.1. The molecule has 428 valence electrons. The molecule has 2 bridgehead atoms. The number of methoxy groups -OCH3 is 1. The molecule has 0 spiro atoms. The first-order valence-electron chi connectivity index (χ1n) is 26.1. The topological polar surface area (TPSA) is 258 Å². The maximum atomic E-state index is 15.9.